The van der Waals surface area contributed by atoms with E-state index in [2.05, 4.69) is 23.7 Å². The van der Waals surface area contributed by atoms with Crippen molar-refractivity contribution in [3.05, 3.63) is 12.3 Å². The first-order valence-corrected chi connectivity index (χ1v) is 5.28. The first-order chi connectivity index (χ1) is 7.11. The van der Waals surface area contributed by atoms with Crippen LogP contribution in [0.5, 0.6) is 0 Å². The monoisotopic (exact) mass is 208 g/mol. The molecule has 0 saturated heterocycles. The van der Waals surface area contributed by atoms with Gasteiger partial charge in [0.2, 0.25) is 0 Å². The van der Waals surface area contributed by atoms with E-state index in [0.29, 0.717) is 0 Å². The number of pyridine rings is 1. The van der Waals surface area contributed by atoms with Crippen molar-refractivity contribution < 1.29 is 0 Å². The number of anilines is 3. The zero-order valence-electron chi connectivity index (χ0n) is 9.99. The van der Waals surface area contributed by atoms with E-state index >= 15 is 0 Å². The van der Waals surface area contributed by atoms with E-state index in [-0.39, 0.29) is 0 Å². The van der Waals surface area contributed by atoms with Gasteiger partial charge < -0.3 is 15.5 Å². The molecule has 1 aromatic heterocycles. The van der Waals surface area contributed by atoms with Crippen molar-refractivity contribution in [2.75, 3.05) is 42.7 Å². The van der Waals surface area contributed by atoms with Crippen molar-refractivity contribution >= 4 is 17.2 Å². The first kappa shape index (κ1) is 11.6. The summed E-state index contributed by atoms with van der Waals surface area (Å²) in [5.74, 6) is 0.963. The molecule has 1 rings (SSSR count). The molecule has 1 heterocycles. The fourth-order valence-corrected chi connectivity index (χ4v) is 1.67. The van der Waals surface area contributed by atoms with E-state index in [0.717, 1.165) is 30.3 Å². The van der Waals surface area contributed by atoms with E-state index in [1.807, 2.05) is 25.1 Å². The van der Waals surface area contributed by atoms with Gasteiger partial charge in [0.15, 0.2) is 5.82 Å². The van der Waals surface area contributed by atoms with Crippen LogP contribution in [0.1, 0.15) is 13.8 Å². The van der Waals surface area contributed by atoms with Crippen molar-refractivity contribution in [3.8, 4) is 0 Å². The second-order valence-electron chi connectivity index (χ2n) is 3.64. The van der Waals surface area contributed by atoms with Crippen molar-refractivity contribution in [3.63, 3.8) is 0 Å². The smallest absolute Gasteiger partial charge is 0.154 e. The van der Waals surface area contributed by atoms with Gasteiger partial charge in [-0.05, 0) is 19.9 Å². The molecule has 4 nitrogen and oxygen atoms in total. The molecular formula is C11H20N4. The van der Waals surface area contributed by atoms with E-state index in [1.54, 1.807) is 6.20 Å². The van der Waals surface area contributed by atoms with Crippen molar-refractivity contribution in [1.82, 2.24) is 4.98 Å². The normalized spacial score (nSPS) is 10.1. The summed E-state index contributed by atoms with van der Waals surface area (Å²) in [6.45, 7) is 6.11. The Kier molecular flexibility index (Phi) is 3.77. The SMILES string of the molecule is CCN(CC)c1nccc(N)c1N(C)C. The second kappa shape index (κ2) is 4.87. The standard InChI is InChI=1S/C11H20N4/c1-5-15(6-2)11-10(14(3)4)9(12)7-8-13-11/h7-8H,5-6H2,1-4H3,(H2,12,13). The average Bonchev–Trinajstić information content (AvgIpc) is 2.19. The molecule has 0 atom stereocenters. The largest absolute Gasteiger partial charge is 0.397 e. The lowest BCUT2D eigenvalue weighted by molar-refractivity contribution is 0.842. The molecule has 0 radical (unpaired) electrons. The minimum absolute atomic E-state index is 0.775. The van der Waals surface area contributed by atoms with Crippen LogP contribution in [0.3, 0.4) is 0 Å². The predicted octanol–water partition coefficient (Wildman–Crippen LogP) is 1.58. The Balaban J connectivity index is 3.21. The Morgan fingerprint density at radius 2 is 1.87 bits per heavy atom. The maximum Gasteiger partial charge on any atom is 0.154 e. The minimum atomic E-state index is 0.775. The number of aromatic nitrogens is 1. The first-order valence-electron chi connectivity index (χ1n) is 5.28. The maximum atomic E-state index is 5.96. The molecule has 15 heavy (non-hydrogen) atoms. The molecule has 0 bridgehead atoms. The summed E-state index contributed by atoms with van der Waals surface area (Å²) in [7, 11) is 3.97. The van der Waals surface area contributed by atoms with E-state index in [1.165, 1.54) is 0 Å². The van der Waals surface area contributed by atoms with Gasteiger partial charge in [-0.2, -0.15) is 0 Å². The van der Waals surface area contributed by atoms with Crippen molar-refractivity contribution in [1.29, 1.82) is 0 Å². The van der Waals surface area contributed by atoms with E-state index in [4.69, 9.17) is 5.73 Å². The van der Waals surface area contributed by atoms with Crippen LogP contribution in [-0.4, -0.2) is 32.2 Å². The van der Waals surface area contributed by atoms with Crippen LogP contribution in [0.2, 0.25) is 0 Å². The molecule has 0 amide bonds. The van der Waals surface area contributed by atoms with Crippen LogP contribution in [0.15, 0.2) is 12.3 Å². The van der Waals surface area contributed by atoms with Crippen LogP contribution in [0, 0.1) is 0 Å². The number of hydrogen-bond donors (Lipinski definition) is 1. The highest BCUT2D eigenvalue weighted by molar-refractivity contribution is 5.79. The lowest BCUT2D eigenvalue weighted by atomic mass is 10.3. The molecule has 0 aliphatic rings. The zero-order chi connectivity index (χ0) is 11.4. The van der Waals surface area contributed by atoms with Gasteiger partial charge in [-0.25, -0.2) is 4.98 Å². The second-order valence-corrected chi connectivity index (χ2v) is 3.64. The highest BCUT2D eigenvalue weighted by Crippen LogP contribution is 2.30. The van der Waals surface area contributed by atoms with Gasteiger partial charge >= 0.3 is 0 Å². The number of nitrogens with two attached hydrogens (primary N) is 1. The summed E-state index contributed by atoms with van der Waals surface area (Å²) in [5, 5.41) is 0. The lowest BCUT2D eigenvalue weighted by Gasteiger charge is -2.26. The molecule has 0 fully saturated rings. The molecule has 0 aliphatic carbocycles. The third-order valence-corrected chi connectivity index (χ3v) is 2.45. The summed E-state index contributed by atoms with van der Waals surface area (Å²) in [6.07, 6.45) is 1.76. The van der Waals surface area contributed by atoms with Crippen LogP contribution in [0.25, 0.3) is 0 Å². The van der Waals surface area contributed by atoms with E-state index in [9.17, 15) is 0 Å². The predicted molar refractivity (Wildman–Crippen MR) is 66.5 cm³/mol. The van der Waals surface area contributed by atoms with Crippen molar-refractivity contribution in [2.24, 2.45) is 0 Å². The van der Waals surface area contributed by atoms with Crippen molar-refractivity contribution in [2.45, 2.75) is 13.8 Å². The molecule has 0 aromatic carbocycles. The summed E-state index contributed by atoms with van der Waals surface area (Å²) in [4.78, 5) is 8.62. The Labute approximate surface area is 91.7 Å². The molecule has 0 aliphatic heterocycles. The highest BCUT2D eigenvalue weighted by atomic mass is 15.2. The summed E-state index contributed by atoms with van der Waals surface area (Å²) < 4.78 is 0. The van der Waals surface area contributed by atoms with Gasteiger partial charge in [0.1, 0.15) is 5.69 Å². The average molecular weight is 208 g/mol. The quantitative estimate of drug-likeness (QED) is 0.816. The number of hydrogen-bond acceptors (Lipinski definition) is 4. The van der Waals surface area contributed by atoms with Gasteiger partial charge in [-0.15, -0.1) is 0 Å². The number of nitrogen functional groups attached to an aromatic ring is 1. The van der Waals surface area contributed by atoms with Gasteiger partial charge in [0, 0.05) is 33.4 Å². The van der Waals surface area contributed by atoms with Crippen LogP contribution in [-0.2, 0) is 0 Å². The lowest BCUT2D eigenvalue weighted by Crippen LogP contribution is -2.26. The van der Waals surface area contributed by atoms with Gasteiger partial charge in [-0.1, -0.05) is 0 Å². The van der Waals surface area contributed by atoms with E-state index < -0.39 is 0 Å². The van der Waals surface area contributed by atoms with Gasteiger partial charge in [0.25, 0.3) is 0 Å². The maximum absolute atomic E-state index is 5.96. The molecular weight excluding hydrogens is 188 g/mol. The Morgan fingerprint density at radius 3 is 2.33 bits per heavy atom. The van der Waals surface area contributed by atoms with Gasteiger partial charge in [0.05, 0.1) is 5.69 Å². The summed E-state index contributed by atoms with van der Waals surface area (Å²) >= 11 is 0. The molecule has 2 N–H and O–H groups in total. The third kappa shape index (κ3) is 2.32. The van der Waals surface area contributed by atoms with Crippen LogP contribution >= 0.6 is 0 Å². The molecule has 0 spiro atoms. The van der Waals surface area contributed by atoms with Crippen LogP contribution < -0.4 is 15.5 Å². The Morgan fingerprint density at radius 1 is 1.27 bits per heavy atom. The van der Waals surface area contributed by atoms with Crippen LogP contribution in [0.4, 0.5) is 17.2 Å². The Bertz CT molecular complexity index is 318. The Hall–Kier alpha value is -1.45. The third-order valence-electron chi connectivity index (χ3n) is 2.45. The fourth-order valence-electron chi connectivity index (χ4n) is 1.67. The molecule has 0 saturated carbocycles. The highest BCUT2D eigenvalue weighted by Gasteiger charge is 2.13. The molecule has 84 valence electrons. The number of rotatable bonds is 4. The minimum Gasteiger partial charge on any atom is -0.397 e. The molecule has 1 aromatic rings. The fraction of sp³-hybridized carbons (Fsp3) is 0.545. The zero-order valence-corrected chi connectivity index (χ0v) is 9.99. The summed E-state index contributed by atoms with van der Waals surface area (Å²) in [6, 6.07) is 1.84. The molecule has 4 heteroatoms. The summed E-state index contributed by atoms with van der Waals surface area (Å²) in [5.41, 5.74) is 7.74. The number of nitrogens with zero attached hydrogens (tertiary/aromatic N) is 3. The van der Waals surface area contributed by atoms with Gasteiger partial charge in [-0.3, -0.25) is 0 Å². The molecule has 0 unspecified atom stereocenters. The topological polar surface area (TPSA) is 45.4 Å².